The summed E-state index contributed by atoms with van der Waals surface area (Å²) >= 11 is 5.73. The van der Waals surface area contributed by atoms with Crippen molar-refractivity contribution in [1.29, 1.82) is 0 Å². The van der Waals surface area contributed by atoms with Crippen LogP contribution in [0.1, 0.15) is 18.9 Å². The van der Waals surface area contributed by atoms with Crippen LogP contribution >= 0.6 is 11.6 Å². The van der Waals surface area contributed by atoms with Crippen LogP contribution in [0.4, 0.5) is 0 Å². The molecule has 0 aliphatic rings. The number of ether oxygens (including phenoxy) is 1. The Morgan fingerprint density at radius 1 is 1.26 bits per heavy atom. The fourth-order valence-corrected chi connectivity index (χ4v) is 1.59. The molecule has 0 bridgehead atoms. The van der Waals surface area contributed by atoms with Gasteiger partial charge in [0.25, 0.3) is 0 Å². The Morgan fingerprint density at radius 2 is 1.95 bits per heavy atom. The number of carbonyl (C=O) groups is 2. The maximum absolute atomic E-state index is 11.7. The monoisotopic (exact) mass is 281 g/mol. The average molecular weight is 282 g/mol. The van der Waals surface area contributed by atoms with Crippen molar-refractivity contribution in [2.75, 3.05) is 13.2 Å². The van der Waals surface area contributed by atoms with Gasteiger partial charge in [-0.25, -0.2) is 0 Å². The second-order valence-electron chi connectivity index (χ2n) is 3.82. The van der Waals surface area contributed by atoms with Crippen LogP contribution in [0.15, 0.2) is 35.3 Å². The summed E-state index contributed by atoms with van der Waals surface area (Å²) in [5.41, 5.74) is 1.06. The van der Waals surface area contributed by atoms with Gasteiger partial charge in [-0.3, -0.25) is 14.6 Å². The molecule has 1 aromatic rings. The molecule has 0 radical (unpaired) electrons. The molecule has 1 rings (SSSR count). The van der Waals surface area contributed by atoms with Gasteiger partial charge in [0.15, 0.2) is 11.0 Å². The van der Waals surface area contributed by atoms with Gasteiger partial charge in [-0.15, -0.1) is 0 Å². The van der Waals surface area contributed by atoms with Crippen molar-refractivity contribution in [3.05, 3.63) is 35.9 Å². The number of benzene rings is 1. The van der Waals surface area contributed by atoms with E-state index < -0.39 is 5.97 Å². The third kappa shape index (κ3) is 6.15. The molecule has 102 valence electrons. The summed E-state index contributed by atoms with van der Waals surface area (Å²) in [4.78, 5) is 26.4. The minimum Gasteiger partial charge on any atom is -0.465 e. The number of ketones is 1. The molecule has 0 heterocycles. The highest BCUT2D eigenvalue weighted by atomic mass is 35.5. The van der Waals surface area contributed by atoms with Crippen molar-refractivity contribution >= 4 is 28.5 Å². The summed E-state index contributed by atoms with van der Waals surface area (Å²) in [5, 5.41) is -0.149. The normalized spacial score (nSPS) is 11.2. The molecule has 0 aliphatic heterocycles. The largest absolute Gasteiger partial charge is 0.465 e. The van der Waals surface area contributed by atoms with Crippen LogP contribution in [0.3, 0.4) is 0 Å². The average Bonchev–Trinajstić information content (AvgIpc) is 2.43. The number of aryl methyl sites for hydroxylation is 1. The predicted molar refractivity (Wildman–Crippen MR) is 74.6 cm³/mol. The molecule has 1 aromatic carbocycles. The molecule has 0 aromatic heterocycles. The van der Waals surface area contributed by atoms with E-state index in [0.717, 1.165) is 5.56 Å². The minimum absolute atomic E-state index is 0.149. The first-order valence-corrected chi connectivity index (χ1v) is 6.44. The molecule has 0 saturated carbocycles. The number of aliphatic imine (C=N–C) groups is 1. The third-order valence-electron chi connectivity index (χ3n) is 2.37. The predicted octanol–water partition coefficient (Wildman–Crippen LogP) is 2.39. The van der Waals surface area contributed by atoms with Crippen LogP contribution in [0.5, 0.6) is 0 Å². The van der Waals surface area contributed by atoms with Gasteiger partial charge in [0.2, 0.25) is 0 Å². The SMILES string of the molecule is CCOC(=O)CN=C(Cl)C(=O)CCc1ccccc1. The standard InChI is InChI=1S/C14H16ClNO3/c1-2-19-13(18)10-16-14(15)12(17)9-8-11-6-4-3-5-7-11/h3-7H,2,8-10H2,1H3. The van der Waals surface area contributed by atoms with E-state index in [1.165, 1.54) is 0 Å². The van der Waals surface area contributed by atoms with Gasteiger partial charge >= 0.3 is 5.97 Å². The Balaban J connectivity index is 2.40. The van der Waals surface area contributed by atoms with E-state index in [2.05, 4.69) is 9.73 Å². The minimum atomic E-state index is -0.489. The number of halogens is 1. The molecular weight excluding hydrogens is 266 g/mol. The quantitative estimate of drug-likeness (QED) is 0.569. The highest BCUT2D eigenvalue weighted by Gasteiger charge is 2.10. The first-order chi connectivity index (χ1) is 9.13. The number of carbonyl (C=O) groups excluding carboxylic acids is 2. The molecule has 0 spiro atoms. The van der Waals surface area contributed by atoms with E-state index >= 15 is 0 Å². The van der Waals surface area contributed by atoms with E-state index in [9.17, 15) is 9.59 Å². The number of nitrogens with zero attached hydrogens (tertiary/aromatic N) is 1. The molecule has 0 atom stereocenters. The fourth-order valence-electron chi connectivity index (χ4n) is 1.43. The van der Waals surface area contributed by atoms with Crippen LogP contribution < -0.4 is 0 Å². The number of Topliss-reactive ketones (excluding diaryl/α,β-unsaturated/α-hetero) is 1. The van der Waals surface area contributed by atoms with Crippen LogP contribution in [-0.2, 0) is 20.7 Å². The van der Waals surface area contributed by atoms with Crippen LogP contribution in [-0.4, -0.2) is 30.1 Å². The third-order valence-corrected chi connectivity index (χ3v) is 2.70. The van der Waals surface area contributed by atoms with Crippen molar-refractivity contribution in [3.63, 3.8) is 0 Å². The van der Waals surface area contributed by atoms with E-state index in [-0.39, 0.29) is 30.5 Å². The van der Waals surface area contributed by atoms with Crippen LogP contribution in [0, 0.1) is 0 Å². The van der Waals surface area contributed by atoms with Gasteiger partial charge in [-0.1, -0.05) is 41.9 Å². The van der Waals surface area contributed by atoms with E-state index in [4.69, 9.17) is 11.6 Å². The molecule has 0 amide bonds. The topological polar surface area (TPSA) is 55.7 Å². The van der Waals surface area contributed by atoms with Gasteiger partial charge < -0.3 is 4.74 Å². The van der Waals surface area contributed by atoms with Crippen molar-refractivity contribution in [3.8, 4) is 0 Å². The maximum atomic E-state index is 11.7. The number of hydrogen-bond donors (Lipinski definition) is 0. The Labute approximate surface area is 117 Å². The number of hydrogen-bond acceptors (Lipinski definition) is 4. The Hall–Kier alpha value is -1.68. The summed E-state index contributed by atoms with van der Waals surface area (Å²) < 4.78 is 4.69. The fraction of sp³-hybridized carbons (Fsp3) is 0.357. The molecule has 0 N–H and O–H groups in total. The molecule has 5 heteroatoms. The van der Waals surface area contributed by atoms with Gasteiger partial charge in [0.05, 0.1) is 6.61 Å². The van der Waals surface area contributed by atoms with E-state index in [0.29, 0.717) is 6.42 Å². The van der Waals surface area contributed by atoms with Crippen LogP contribution in [0.2, 0.25) is 0 Å². The summed E-state index contributed by atoms with van der Waals surface area (Å²) in [6, 6.07) is 9.62. The molecule has 4 nitrogen and oxygen atoms in total. The van der Waals surface area contributed by atoms with E-state index in [1.54, 1.807) is 6.92 Å². The van der Waals surface area contributed by atoms with Gasteiger partial charge in [-0.2, -0.15) is 0 Å². The first-order valence-electron chi connectivity index (χ1n) is 6.06. The summed E-state index contributed by atoms with van der Waals surface area (Å²) in [5.74, 6) is -0.758. The molecule has 0 saturated heterocycles. The van der Waals surface area contributed by atoms with Crippen molar-refractivity contribution in [2.45, 2.75) is 19.8 Å². The molecule has 19 heavy (non-hydrogen) atoms. The van der Waals surface area contributed by atoms with Gasteiger partial charge in [-0.05, 0) is 18.9 Å². The first kappa shape index (κ1) is 15.4. The lowest BCUT2D eigenvalue weighted by Crippen LogP contribution is -2.13. The molecular formula is C14H16ClNO3. The Kier molecular flexibility index (Phi) is 6.82. The Morgan fingerprint density at radius 3 is 2.58 bits per heavy atom. The highest BCUT2D eigenvalue weighted by molar-refractivity contribution is 6.83. The number of esters is 1. The van der Waals surface area contributed by atoms with Crippen molar-refractivity contribution < 1.29 is 14.3 Å². The summed E-state index contributed by atoms with van der Waals surface area (Å²) in [7, 11) is 0. The van der Waals surface area contributed by atoms with Crippen molar-refractivity contribution in [2.24, 2.45) is 4.99 Å². The Bertz CT molecular complexity index is 457. The lowest BCUT2D eigenvalue weighted by atomic mass is 10.1. The smallest absolute Gasteiger partial charge is 0.327 e. The van der Waals surface area contributed by atoms with Crippen molar-refractivity contribution in [1.82, 2.24) is 0 Å². The van der Waals surface area contributed by atoms with E-state index in [1.807, 2.05) is 30.3 Å². The van der Waals surface area contributed by atoms with Gasteiger partial charge in [0.1, 0.15) is 6.54 Å². The van der Waals surface area contributed by atoms with Gasteiger partial charge in [0, 0.05) is 6.42 Å². The summed E-state index contributed by atoms with van der Waals surface area (Å²) in [6.45, 7) is 1.77. The highest BCUT2D eigenvalue weighted by Crippen LogP contribution is 2.04. The van der Waals surface area contributed by atoms with Crippen LogP contribution in [0.25, 0.3) is 0 Å². The lowest BCUT2D eigenvalue weighted by Gasteiger charge is -2.01. The number of rotatable bonds is 7. The zero-order valence-corrected chi connectivity index (χ0v) is 11.5. The lowest BCUT2D eigenvalue weighted by molar-refractivity contribution is -0.141. The molecule has 0 aliphatic carbocycles. The zero-order valence-electron chi connectivity index (χ0n) is 10.8. The second-order valence-corrected chi connectivity index (χ2v) is 4.18. The molecule has 0 fully saturated rings. The zero-order chi connectivity index (χ0) is 14.1. The molecule has 0 unspecified atom stereocenters. The summed E-state index contributed by atoms with van der Waals surface area (Å²) in [6.07, 6.45) is 0.875. The second kappa shape index (κ2) is 8.43. The maximum Gasteiger partial charge on any atom is 0.327 e.